The average molecular weight is 303 g/mol. The van der Waals surface area contributed by atoms with Crippen LogP contribution in [0.25, 0.3) is 10.8 Å². The lowest BCUT2D eigenvalue weighted by atomic mass is 10.0. The number of carbonyl (C=O) groups excluding carboxylic acids is 1. The van der Waals surface area contributed by atoms with Gasteiger partial charge in [0.05, 0.1) is 6.20 Å². The molecule has 0 aliphatic carbocycles. The van der Waals surface area contributed by atoms with Crippen molar-refractivity contribution in [3.8, 4) is 10.8 Å². The van der Waals surface area contributed by atoms with E-state index in [9.17, 15) is 4.79 Å². The topological polar surface area (TPSA) is 79.8 Å². The summed E-state index contributed by atoms with van der Waals surface area (Å²) in [6.45, 7) is 3.08. The smallest absolute Gasteiger partial charge is 0.263 e. The first-order chi connectivity index (χ1) is 10.2. The van der Waals surface area contributed by atoms with Crippen LogP contribution in [0.2, 0.25) is 0 Å². The lowest BCUT2D eigenvalue weighted by molar-refractivity contribution is 0.0929. The zero-order valence-corrected chi connectivity index (χ0v) is 12.6. The fraction of sp³-hybridized carbons (Fsp3) is 0.429. The molecule has 1 aliphatic heterocycles. The van der Waals surface area contributed by atoms with Crippen LogP contribution < -0.4 is 10.6 Å². The molecule has 2 aromatic rings. The van der Waals surface area contributed by atoms with E-state index in [1.54, 1.807) is 24.7 Å². The second-order valence-electron chi connectivity index (χ2n) is 5.15. The van der Waals surface area contributed by atoms with Gasteiger partial charge in [-0.15, -0.1) is 11.3 Å². The number of aromatic nitrogens is 3. The predicted molar refractivity (Wildman–Crippen MR) is 81.1 cm³/mol. The number of rotatable bonds is 3. The summed E-state index contributed by atoms with van der Waals surface area (Å²) in [4.78, 5) is 25.4. The van der Waals surface area contributed by atoms with Crippen molar-refractivity contribution in [1.29, 1.82) is 0 Å². The van der Waals surface area contributed by atoms with E-state index in [0.717, 1.165) is 19.4 Å². The lowest BCUT2D eigenvalue weighted by Gasteiger charge is -2.28. The molecule has 3 heterocycles. The van der Waals surface area contributed by atoms with E-state index >= 15 is 0 Å². The molecular weight excluding hydrogens is 286 g/mol. The molecule has 6 nitrogen and oxygen atoms in total. The number of hydrogen-bond donors (Lipinski definition) is 2. The van der Waals surface area contributed by atoms with Crippen molar-refractivity contribution in [2.45, 2.75) is 31.8 Å². The molecule has 0 spiro atoms. The summed E-state index contributed by atoms with van der Waals surface area (Å²) < 4.78 is 0. The molecule has 21 heavy (non-hydrogen) atoms. The molecule has 2 atom stereocenters. The Morgan fingerprint density at radius 3 is 2.95 bits per heavy atom. The summed E-state index contributed by atoms with van der Waals surface area (Å²) in [5, 5.41) is 7.12. The van der Waals surface area contributed by atoms with Gasteiger partial charge in [0.1, 0.15) is 4.88 Å². The molecule has 0 aromatic carbocycles. The normalized spacial score (nSPS) is 22.0. The van der Waals surface area contributed by atoms with Gasteiger partial charge in [-0.1, -0.05) is 0 Å². The average Bonchev–Trinajstić information content (AvgIpc) is 2.98. The fourth-order valence-electron chi connectivity index (χ4n) is 2.41. The van der Waals surface area contributed by atoms with Crippen LogP contribution in [0.1, 0.15) is 29.4 Å². The third-order valence-corrected chi connectivity index (χ3v) is 4.44. The SMILES string of the molecule is CC1CC(NC(=O)c2cnc(-c3ncccn3)s2)CCN1. The van der Waals surface area contributed by atoms with Gasteiger partial charge in [0, 0.05) is 24.5 Å². The van der Waals surface area contributed by atoms with Gasteiger partial charge in [0.15, 0.2) is 10.8 Å². The van der Waals surface area contributed by atoms with Crippen LogP contribution in [-0.4, -0.2) is 39.5 Å². The van der Waals surface area contributed by atoms with Gasteiger partial charge in [-0.3, -0.25) is 4.79 Å². The van der Waals surface area contributed by atoms with Gasteiger partial charge in [-0.05, 0) is 32.4 Å². The van der Waals surface area contributed by atoms with Crippen molar-refractivity contribution >= 4 is 17.2 Å². The zero-order valence-electron chi connectivity index (χ0n) is 11.7. The number of nitrogens with zero attached hydrogens (tertiary/aromatic N) is 3. The molecule has 0 radical (unpaired) electrons. The van der Waals surface area contributed by atoms with Crippen molar-refractivity contribution in [2.24, 2.45) is 0 Å². The van der Waals surface area contributed by atoms with E-state index in [2.05, 4.69) is 32.5 Å². The van der Waals surface area contributed by atoms with Crippen molar-refractivity contribution < 1.29 is 4.79 Å². The number of hydrogen-bond acceptors (Lipinski definition) is 6. The Kier molecular flexibility index (Phi) is 4.21. The van der Waals surface area contributed by atoms with Crippen LogP contribution >= 0.6 is 11.3 Å². The number of carbonyl (C=O) groups is 1. The first-order valence-electron chi connectivity index (χ1n) is 7.00. The van der Waals surface area contributed by atoms with Crippen LogP contribution in [-0.2, 0) is 0 Å². The van der Waals surface area contributed by atoms with Gasteiger partial charge in [0.25, 0.3) is 5.91 Å². The first kappa shape index (κ1) is 14.1. The first-order valence-corrected chi connectivity index (χ1v) is 7.81. The van der Waals surface area contributed by atoms with Crippen LogP contribution in [0, 0.1) is 0 Å². The molecule has 1 fully saturated rings. The highest BCUT2D eigenvalue weighted by atomic mass is 32.1. The third kappa shape index (κ3) is 3.43. The Morgan fingerprint density at radius 2 is 2.19 bits per heavy atom. The third-order valence-electron chi connectivity index (χ3n) is 3.45. The second kappa shape index (κ2) is 6.28. The number of amides is 1. The summed E-state index contributed by atoms with van der Waals surface area (Å²) in [5.74, 6) is 0.491. The molecule has 7 heteroatoms. The van der Waals surface area contributed by atoms with E-state index in [1.165, 1.54) is 11.3 Å². The minimum absolute atomic E-state index is 0.0613. The highest BCUT2D eigenvalue weighted by Gasteiger charge is 2.21. The quantitative estimate of drug-likeness (QED) is 0.897. The van der Waals surface area contributed by atoms with Gasteiger partial charge < -0.3 is 10.6 Å². The van der Waals surface area contributed by atoms with Crippen LogP contribution in [0.4, 0.5) is 0 Å². The standard InChI is InChI=1S/C14H17N5OS/c1-9-7-10(3-6-15-9)19-13(20)11-8-18-14(21-11)12-16-4-2-5-17-12/h2,4-5,8-10,15H,3,6-7H2,1H3,(H,19,20). The maximum absolute atomic E-state index is 12.3. The lowest BCUT2D eigenvalue weighted by Crippen LogP contribution is -2.46. The van der Waals surface area contributed by atoms with Crippen molar-refractivity contribution in [1.82, 2.24) is 25.6 Å². The number of thiazole rings is 1. The Labute approximate surface area is 127 Å². The van der Waals surface area contributed by atoms with Crippen molar-refractivity contribution in [2.75, 3.05) is 6.54 Å². The van der Waals surface area contributed by atoms with E-state index in [-0.39, 0.29) is 11.9 Å². The Morgan fingerprint density at radius 1 is 1.38 bits per heavy atom. The molecule has 2 N–H and O–H groups in total. The fourth-order valence-corrected chi connectivity index (χ4v) is 3.18. The van der Waals surface area contributed by atoms with Crippen LogP contribution in [0.5, 0.6) is 0 Å². The van der Waals surface area contributed by atoms with Gasteiger partial charge in [0.2, 0.25) is 0 Å². The summed E-state index contributed by atoms with van der Waals surface area (Å²) >= 11 is 1.32. The Hall–Kier alpha value is -1.86. The number of piperidine rings is 1. The minimum Gasteiger partial charge on any atom is -0.348 e. The highest BCUT2D eigenvalue weighted by Crippen LogP contribution is 2.21. The van der Waals surface area contributed by atoms with E-state index < -0.39 is 0 Å². The summed E-state index contributed by atoms with van der Waals surface area (Å²) in [5.41, 5.74) is 0. The maximum atomic E-state index is 12.3. The molecule has 0 bridgehead atoms. The summed E-state index contributed by atoms with van der Waals surface area (Å²) in [6, 6.07) is 2.43. The maximum Gasteiger partial charge on any atom is 0.263 e. The molecule has 2 aromatic heterocycles. The highest BCUT2D eigenvalue weighted by molar-refractivity contribution is 7.16. The van der Waals surface area contributed by atoms with E-state index in [4.69, 9.17) is 0 Å². The molecule has 1 saturated heterocycles. The van der Waals surface area contributed by atoms with Crippen molar-refractivity contribution in [3.05, 3.63) is 29.5 Å². The van der Waals surface area contributed by atoms with Gasteiger partial charge in [-0.2, -0.15) is 0 Å². The molecule has 1 amide bonds. The van der Waals surface area contributed by atoms with Crippen LogP contribution in [0.15, 0.2) is 24.7 Å². The van der Waals surface area contributed by atoms with Crippen LogP contribution in [0.3, 0.4) is 0 Å². The molecule has 3 rings (SSSR count). The van der Waals surface area contributed by atoms with E-state index in [0.29, 0.717) is 21.8 Å². The summed E-state index contributed by atoms with van der Waals surface area (Å²) in [6.07, 6.45) is 6.85. The van der Waals surface area contributed by atoms with Gasteiger partial charge in [-0.25, -0.2) is 15.0 Å². The monoisotopic (exact) mass is 303 g/mol. The zero-order chi connectivity index (χ0) is 14.7. The Bertz CT molecular complexity index is 615. The summed E-state index contributed by atoms with van der Waals surface area (Å²) in [7, 11) is 0. The molecule has 2 unspecified atom stereocenters. The largest absolute Gasteiger partial charge is 0.348 e. The minimum atomic E-state index is -0.0613. The predicted octanol–water partition coefficient (Wildman–Crippen LogP) is 1.47. The second-order valence-corrected chi connectivity index (χ2v) is 6.18. The molecular formula is C14H17N5OS. The Balaban J connectivity index is 1.67. The number of nitrogens with one attached hydrogen (secondary N) is 2. The van der Waals surface area contributed by atoms with Gasteiger partial charge >= 0.3 is 0 Å². The molecule has 1 aliphatic rings. The van der Waals surface area contributed by atoms with Crippen molar-refractivity contribution in [3.63, 3.8) is 0 Å². The molecule has 0 saturated carbocycles. The van der Waals surface area contributed by atoms with E-state index in [1.807, 2.05) is 0 Å². The molecule has 110 valence electrons.